The second-order valence-electron chi connectivity index (χ2n) is 1.84. The highest BCUT2D eigenvalue weighted by molar-refractivity contribution is 5.90. The lowest BCUT2D eigenvalue weighted by atomic mass is 10.3. The van der Waals surface area contributed by atoms with Crippen molar-refractivity contribution in [1.29, 1.82) is 0 Å². The molecule has 60 valence electrons. The Morgan fingerprint density at radius 3 is 2.73 bits per heavy atom. The van der Waals surface area contributed by atoms with Gasteiger partial charge < -0.3 is 4.74 Å². The molecule has 0 spiro atoms. The van der Waals surface area contributed by atoms with Gasteiger partial charge in [-0.15, -0.1) is 0 Å². The lowest BCUT2D eigenvalue weighted by Gasteiger charge is -1.98. The fourth-order valence-electron chi connectivity index (χ4n) is 0.476. The Labute approximate surface area is 66.9 Å². The highest BCUT2D eigenvalue weighted by Gasteiger charge is 2.01. The van der Waals surface area contributed by atoms with E-state index < -0.39 is 0 Å². The maximum atomic E-state index is 10.8. The molecule has 2 nitrogen and oxygen atoms in total. The van der Waals surface area contributed by atoms with Crippen molar-refractivity contribution in [2.24, 2.45) is 0 Å². The second kappa shape index (κ2) is 5.47. The van der Waals surface area contributed by atoms with Gasteiger partial charge in [-0.05, 0) is 13.0 Å². The van der Waals surface area contributed by atoms with Gasteiger partial charge >= 0.3 is 5.97 Å². The SMILES string of the molecule is C=CC=CC(=C)C(=O)OCC. The molecule has 0 aliphatic rings. The summed E-state index contributed by atoms with van der Waals surface area (Å²) >= 11 is 0. The molecule has 0 unspecified atom stereocenters. The molecule has 0 heterocycles. The molecule has 0 aromatic heterocycles. The third-order valence-corrected chi connectivity index (χ3v) is 0.971. The molecule has 0 rings (SSSR count). The number of carbonyl (C=O) groups excluding carboxylic acids is 1. The van der Waals surface area contributed by atoms with Crippen LogP contribution >= 0.6 is 0 Å². The van der Waals surface area contributed by atoms with Crippen LogP contribution < -0.4 is 0 Å². The first-order chi connectivity index (χ1) is 5.22. The second-order valence-corrected chi connectivity index (χ2v) is 1.84. The molecule has 0 aliphatic carbocycles. The zero-order chi connectivity index (χ0) is 8.69. The van der Waals surface area contributed by atoms with E-state index in [1.54, 1.807) is 25.2 Å². The van der Waals surface area contributed by atoms with E-state index in [0.29, 0.717) is 12.2 Å². The van der Waals surface area contributed by atoms with E-state index in [2.05, 4.69) is 17.9 Å². The number of rotatable bonds is 4. The number of hydrogen-bond donors (Lipinski definition) is 0. The predicted molar refractivity (Wildman–Crippen MR) is 45.1 cm³/mol. The summed E-state index contributed by atoms with van der Waals surface area (Å²) in [6, 6.07) is 0. The Bertz CT molecular complexity index is 190. The van der Waals surface area contributed by atoms with Crippen molar-refractivity contribution in [3.8, 4) is 0 Å². The molecule has 0 aromatic carbocycles. The Morgan fingerprint density at radius 2 is 2.27 bits per heavy atom. The lowest BCUT2D eigenvalue weighted by Crippen LogP contribution is -2.04. The van der Waals surface area contributed by atoms with E-state index in [1.165, 1.54) is 0 Å². The van der Waals surface area contributed by atoms with Gasteiger partial charge in [0.15, 0.2) is 0 Å². The van der Waals surface area contributed by atoms with Gasteiger partial charge in [-0.3, -0.25) is 0 Å². The van der Waals surface area contributed by atoms with Crippen LogP contribution in [0.1, 0.15) is 6.92 Å². The first kappa shape index (κ1) is 9.69. The summed E-state index contributed by atoms with van der Waals surface area (Å²) in [5.74, 6) is -0.384. The van der Waals surface area contributed by atoms with Gasteiger partial charge in [0.2, 0.25) is 0 Å². The van der Waals surface area contributed by atoms with Crippen LogP contribution in [0.5, 0.6) is 0 Å². The standard InChI is InChI=1S/C9H12O2/c1-4-6-7-8(3)9(10)11-5-2/h4,6-7H,1,3,5H2,2H3. The van der Waals surface area contributed by atoms with Gasteiger partial charge in [0.05, 0.1) is 12.2 Å². The van der Waals surface area contributed by atoms with Crippen molar-refractivity contribution in [3.05, 3.63) is 37.0 Å². The molecular weight excluding hydrogens is 140 g/mol. The summed E-state index contributed by atoms with van der Waals surface area (Å²) in [5.41, 5.74) is 0.340. The Kier molecular flexibility index (Phi) is 4.82. The van der Waals surface area contributed by atoms with Crippen LogP contribution in [0, 0.1) is 0 Å². The largest absolute Gasteiger partial charge is 0.462 e. The van der Waals surface area contributed by atoms with E-state index in [4.69, 9.17) is 0 Å². The number of hydrogen-bond acceptors (Lipinski definition) is 2. The van der Waals surface area contributed by atoms with E-state index in [9.17, 15) is 4.79 Å². The fourth-order valence-corrected chi connectivity index (χ4v) is 0.476. The summed E-state index contributed by atoms with van der Waals surface area (Å²) in [5, 5.41) is 0. The van der Waals surface area contributed by atoms with Gasteiger partial charge in [0.1, 0.15) is 0 Å². The van der Waals surface area contributed by atoms with Crippen LogP contribution in [0.2, 0.25) is 0 Å². The normalized spacial score (nSPS) is 9.55. The molecule has 0 N–H and O–H groups in total. The summed E-state index contributed by atoms with van der Waals surface area (Å²) in [6.07, 6.45) is 4.77. The zero-order valence-corrected chi connectivity index (χ0v) is 6.67. The van der Waals surface area contributed by atoms with Crippen molar-refractivity contribution in [3.63, 3.8) is 0 Å². The Hall–Kier alpha value is -1.31. The highest BCUT2D eigenvalue weighted by atomic mass is 16.5. The van der Waals surface area contributed by atoms with Crippen molar-refractivity contribution in [2.45, 2.75) is 6.92 Å². The molecule has 11 heavy (non-hydrogen) atoms. The van der Waals surface area contributed by atoms with E-state index in [1.807, 2.05) is 0 Å². The smallest absolute Gasteiger partial charge is 0.337 e. The third-order valence-electron chi connectivity index (χ3n) is 0.971. The molecule has 0 aromatic rings. The van der Waals surface area contributed by atoms with Gasteiger partial charge in [-0.1, -0.05) is 25.3 Å². The topological polar surface area (TPSA) is 26.3 Å². The molecule has 0 saturated carbocycles. The average molecular weight is 152 g/mol. The van der Waals surface area contributed by atoms with Crippen LogP contribution in [0.4, 0.5) is 0 Å². The fraction of sp³-hybridized carbons (Fsp3) is 0.222. The monoisotopic (exact) mass is 152 g/mol. The van der Waals surface area contributed by atoms with Crippen LogP contribution in [-0.2, 0) is 9.53 Å². The van der Waals surface area contributed by atoms with Crippen LogP contribution in [0.25, 0.3) is 0 Å². The molecule has 0 atom stereocenters. The van der Waals surface area contributed by atoms with Crippen molar-refractivity contribution in [2.75, 3.05) is 6.61 Å². The van der Waals surface area contributed by atoms with Gasteiger partial charge in [0, 0.05) is 0 Å². The Balaban J connectivity index is 3.92. The maximum Gasteiger partial charge on any atom is 0.337 e. The average Bonchev–Trinajstić information content (AvgIpc) is 2.00. The first-order valence-corrected chi connectivity index (χ1v) is 3.37. The van der Waals surface area contributed by atoms with Crippen molar-refractivity contribution in [1.82, 2.24) is 0 Å². The Morgan fingerprint density at radius 1 is 1.64 bits per heavy atom. The zero-order valence-electron chi connectivity index (χ0n) is 6.67. The summed E-state index contributed by atoms with van der Waals surface area (Å²) in [7, 11) is 0. The molecule has 0 fully saturated rings. The molecule has 0 aliphatic heterocycles. The number of ether oxygens (including phenoxy) is 1. The third kappa shape index (κ3) is 4.14. The molecule has 2 heteroatoms. The van der Waals surface area contributed by atoms with Crippen LogP contribution in [-0.4, -0.2) is 12.6 Å². The number of esters is 1. The van der Waals surface area contributed by atoms with E-state index >= 15 is 0 Å². The minimum Gasteiger partial charge on any atom is -0.462 e. The number of carbonyl (C=O) groups is 1. The lowest BCUT2D eigenvalue weighted by molar-refractivity contribution is -0.138. The molecule has 0 saturated heterocycles. The minimum atomic E-state index is -0.384. The van der Waals surface area contributed by atoms with Gasteiger partial charge in [-0.25, -0.2) is 4.79 Å². The van der Waals surface area contributed by atoms with Crippen LogP contribution in [0.15, 0.2) is 37.0 Å². The quantitative estimate of drug-likeness (QED) is 0.349. The minimum absolute atomic E-state index is 0.340. The van der Waals surface area contributed by atoms with Gasteiger partial charge in [0.25, 0.3) is 0 Å². The predicted octanol–water partition coefficient (Wildman–Crippen LogP) is 1.85. The highest BCUT2D eigenvalue weighted by Crippen LogP contribution is 1.96. The van der Waals surface area contributed by atoms with E-state index in [0.717, 1.165) is 0 Å². The molecular formula is C9H12O2. The van der Waals surface area contributed by atoms with Gasteiger partial charge in [-0.2, -0.15) is 0 Å². The summed E-state index contributed by atoms with van der Waals surface area (Å²) in [6.45, 7) is 9.09. The first-order valence-electron chi connectivity index (χ1n) is 3.37. The van der Waals surface area contributed by atoms with Crippen molar-refractivity contribution >= 4 is 5.97 Å². The number of allylic oxidation sites excluding steroid dienone is 2. The summed E-state index contributed by atoms with van der Waals surface area (Å²) in [4.78, 5) is 10.8. The molecule has 0 amide bonds. The molecule has 0 radical (unpaired) electrons. The van der Waals surface area contributed by atoms with Crippen molar-refractivity contribution < 1.29 is 9.53 Å². The maximum absolute atomic E-state index is 10.8. The molecule has 0 bridgehead atoms. The van der Waals surface area contributed by atoms with Crippen LogP contribution in [0.3, 0.4) is 0 Å². The summed E-state index contributed by atoms with van der Waals surface area (Å²) < 4.78 is 4.68. The van der Waals surface area contributed by atoms with E-state index in [-0.39, 0.29) is 5.97 Å².